The van der Waals surface area contributed by atoms with Crippen LogP contribution in [0.3, 0.4) is 0 Å². The highest BCUT2D eigenvalue weighted by molar-refractivity contribution is 7.13. The fourth-order valence-electron chi connectivity index (χ4n) is 3.59. The van der Waals surface area contributed by atoms with Crippen LogP contribution in [-0.2, 0) is 16.0 Å². The third kappa shape index (κ3) is 5.83. The molecular formula is C22H24FN5O2S. The number of aryl methyl sites for hydroxylation is 2. The predicted molar refractivity (Wildman–Crippen MR) is 117 cm³/mol. The van der Waals surface area contributed by atoms with Crippen molar-refractivity contribution in [3.05, 3.63) is 64.7 Å². The lowest BCUT2D eigenvalue weighted by Crippen LogP contribution is -2.42. The molecule has 0 bridgehead atoms. The normalized spacial score (nSPS) is 16.3. The van der Waals surface area contributed by atoms with Gasteiger partial charge in [-0.1, -0.05) is 23.5 Å². The number of nitrogens with zero attached hydrogens (tertiary/aromatic N) is 4. The van der Waals surface area contributed by atoms with Crippen LogP contribution in [0.2, 0.25) is 0 Å². The summed E-state index contributed by atoms with van der Waals surface area (Å²) in [5.41, 5.74) is 5.21. The molecule has 9 heteroatoms. The van der Waals surface area contributed by atoms with Gasteiger partial charge in [-0.2, -0.15) is 0 Å². The van der Waals surface area contributed by atoms with Gasteiger partial charge in [-0.15, -0.1) is 10.2 Å². The smallest absolute Gasteiger partial charge is 0.222 e. The topological polar surface area (TPSA) is 80.2 Å². The van der Waals surface area contributed by atoms with E-state index in [0.29, 0.717) is 31.2 Å². The molecule has 3 heterocycles. The number of nitrogens with one attached hydrogen (secondary N) is 1. The van der Waals surface area contributed by atoms with Gasteiger partial charge in [0.05, 0.1) is 18.8 Å². The quantitative estimate of drug-likeness (QED) is 0.596. The van der Waals surface area contributed by atoms with Crippen LogP contribution in [0.5, 0.6) is 0 Å². The number of amides is 1. The van der Waals surface area contributed by atoms with E-state index in [1.165, 1.54) is 23.5 Å². The molecule has 1 aromatic carbocycles. The van der Waals surface area contributed by atoms with Gasteiger partial charge in [0, 0.05) is 24.3 Å². The maximum Gasteiger partial charge on any atom is 0.222 e. The Labute approximate surface area is 184 Å². The van der Waals surface area contributed by atoms with E-state index in [2.05, 4.69) is 20.5 Å². The molecule has 0 saturated carbocycles. The van der Waals surface area contributed by atoms with Crippen molar-refractivity contribution < 1.29 is 13.9 Å². The number of hydrogen-bond acceptors (Lipinski definition) is 7. The molecule has 1 aliphatic heterocycles. The fourth-order valence-corrected chi connectivity index (χ4v) is 4.06. The minimum atomic E-state index is -0.273. The number of benzene rings is 1. The third-order valence-corrected chi connectivity index (χ3v) is 5.71. The first-order chi connectivity index (χ1) is 15.1. The Hall–Kier alpha value is -2.91. The van der Waals surface area contributed by atoms with Gasteiger partial charge >= 0.3 is 0 Å². The number of ether oxygens (including phenoxy) is 1. The van der Waals surface area contributed by atoms with E-state index in [0.717, 1.165) is 35.5 Å². The first-order valence-corrected chi connectivity index (χ1v) is 11.1. The molecular weight excluding hydrogens is 417 g/mol. The molecule has 0 spiro atoms. The van der Waals surface area contributed by atoms with E-state index in [9.17, 15) is 9.18 Å². The van der Waals surface area contributed by atoms with Crippen LogP contribution in [0.1, 0.15) is 35.9 Å². The molecule has 1 aliphatic rings. The lowest BCUT2D eigenvalue weighted by Gasteiger charge is -2.33. The van der Waals surface area contributed by atoms with E-state index in [-0.39, 0.29) is 17.8 Å². The first kappa shape index (κ1) is 21.3. The van der Waals surface area contributed by atoms with Crippen molar-refractivity contribution in [1.29, 1.82) is 0 Å². The lowest BCUT2D eigenvalue weighted by molar-refractivity contribution is -0.139. The second kappa shape index (κ2) is 9.93. The second-order valence-electron chi connectivity index (χ2n) is 7.47. The monoisotopic (exact) mass is 441 g/mol. The number of morpholine rings is 1. The van der Waals surface area contributed by atoms with Crippen molar-refractivity contribution in [1.82, 2.24) is 20.1 Å². The van der Waals surface area contributed by atoms with Crippen molar-refractivity contribution in [3.8, 4) is 0 Å². The minimum Gasteiger partial charge on any atom is -0.368 e. The summed E-state index contributed by atoms with van der Waals surface area (Å²) >= 11 is 1.42. The summed E-state index contributed by atoms with van der Waals surface area (Å²) < 4.78 is 18.9. The summed E-state index contributed by atoms with van der Waals surface area (Å²) in [5.74, 6) is -0.138. The van der Waals surface area contributed by atoms with Crippen molar-refractivity contribution >= 4 is 28.1 Å². The Balaban J connectivity index is 1.35. The highest BCUT2D eigenvalue weighted by Crippen LogP contribution is 2.26. The largest absolute Gasteiger partial charge is 0.368 e. The van der Waals surface area contributed by atoms with Crippen LogP contribution in [0.4, 0.5) is 15.2 Å². The van der Waals surface area contributed by atoms with Gasteiger partial charge in [0.2, 0.25) is 11.0 Å². The van der Waals surface area contributed by atoms with Crippen LogP contribution < -0.4 is 5.32 Å². The molecule has 2 aromatic heterocycles. The standard InChI is InChI=1S/C22H24FN5O2S/c1-15-11-18(26-22-27-24-14-31-22)12-19(25-15)20-13-28(9-10-30-20)21(29)4-2-3-16-5-7-17(23)8-6-16/h5-8,11-12,14,20H,2-4,9-10,13H2,1H3,(H,25,26,27)/t20-/m0/s1. The third-order valence-electron chi connectivity index (χ3n) is 5.10. The number of pyridine rings is 1. The average Bonchev–Trinajstić information content (AvgIpc) is 3.28. The first-order valence-electron chi connectivity index (χ1n) is 10.2. The van der Waals surface area contributed by atoms with E-state index in [4.69, 9.17) is 4.74 Å². The number of rotatable bonds is 7. The van der Waals surface area contributed by atoms with E-state index < -0.39 is 0 Å². The summed E-state index contributed by atoms with van der Waals surface area (Å²) in [6.45, 7) is 3.46. The number of carbonyl (C=O) groups excluding carboxylic acids is 1. The van der Waals surface area contributed by atoms with Gasteiger partial charge in [-0.25, -0.2) is 4.39 Å². The summed E-state index contributed by atoms with van der Waals surface area (Å²) in [5, 5.41) is 11.8. The van der Waals surface area contributed by atoms with E-state index in [1.807, 2.05) is 24.0 Å². The van der Waals surface area contributed by atoms with E-state index >= 15 is 0 Å². The molecule has 162 valence electrons. The van der Waals surface area contributed by atoms with Gasteiger partial charge in [0.1, 0.15) is 17.4 Å². The van der Waals surface area contributed by atoms with Gasteiger partial charge in [-0.05, 0) is 49.6 Å². The Morgan fingerprint density at radius 1 is 1.32 bits per heavy atom. The predicted octanol–water partition coefficient (Wildman–Crippen LogP) is 4.05. The number of aromatic nitrogens is 3. The maximum absolute atomic E-state index is 13.0. The SMILES string of the molecule is Cc1cc(Nc2nncs2)cc([C@@H]2CN(C(=O)CCCc3ccc(F)cc3)CCO2)n1. The van der Waals surface area contributed by atoms with Crippen LogP contribution in [0.25, 0.3) is 0 Å². The molecule has 0 aliphatic carbocycles. The summed E-state index contributed by atoms with van der Waals surface area (Å²) in [4.78, 5) is 19.2. The van der Waals surface area contributed by atoms with Gasteiger partial charge in [-0.3, -0.25) is 9.78 Å². The van der Waals surface area contributed by atoms with Crippen LogP contribution in [0, 0.1) is 12.7 Å². The van der Waals surface area contributed by atoms with Crippen LogP contribution in [-0.4, -0.2) is 45.7 Å². The van der Waals surface area contributed by atoms with Crippen molar-refractivity contribution in [2.24, 2.45) is 0 Å². The zero-order valence-corrected chi connectivity index (χ0v) is 18.1. The average molecular weight is 442 g/mol. The van der Waals surface area contributed by atoms with Gasteiger partial charge < -0.3 is 15.0 Å². The molecule has 1 amide bonds. The molecule has 1 atom stereocenters. The molecule has 1 saturated heterocycles. The molecule has 0 radical (unpaired) electrons. The fraction of sp³-hybridized carbons (Fsp3) is 0.364. The summed E-state index contributed by atoms with van der Waals surface area (Å²) in [7, 11) is 0. The highest BCUT2D eigenvalue weighted by atomic mass is 32.1. The maximum atomic E-state index is 13.0. The highest BCUT2D eigenvalue weighted by Gasteiger charge is 2.26. The minimum absolute atomic E-state index is 0.107. The number of hydrogen-bond donors (Lipinski definition) is 1. The molecule has 1 fully saturated rings. The summed E-state index contributed by atoms with van der Waals surface area (Å²) in [6, 6.07) is 10.3. The molecule has 1 N–H and O–H groups in total. The lowest BCUT2D eigenvalue weighted by atomic mass is 10.1. The zero-order chi connectivity index (χ0) is 21.6. The van der Waals surface area contributed by atoms with Gasteiger partial charge in [0.15, 0.2) is 0 Å². The molecule has 0 unspecified atom stereocenters. The zero-order valence-electron chi connectivity index (χ0n) is 17.3. The Morgan fingerprint density at radius 3 is 2.94 bits per heavy atom. The van der Waals surface area contributed by atoms with E-state index in [1.54, 1.807) is 17.6 Å². The Bertz CT molecular complexity index is 1010. The van der Waals surface area contributed by atoms with Crippen molar-refractivity contribution in [2.45, 2.75) is 32.3 Å². The van der Waals surface area contributed by atoms with Crippen LogP contribution >= 0.6 is 11.3 Å². The number of halogens is 1. The molecule has 31 heavy (non-hydrogen) atoms. The Morgan fingerprint density at radius 2 is 2.16 bits per heavy atom. The Kier molecular flexibility index (Phi) is 6.83. The summed E-state index contributed by atoms with van der Waals surface area (Å²) in [6.07, 6.45) is 1.66. The van der Waals surface area contributed by atoms with Crippen molar-refractivity contribution in [3.63, 3.8) is 0 Å². The van der Waals surface area contributed by atoms with Crippen LogP contribution in [0.15, 0.2) is 41.9 Å². The number of carbonyl (C=O) groups is 1. The second-order valence-corrected chi connectivity index (χ2v) is 8.30. The molecule has 7 nitrogen and oxygen atoms in total. The van der Waals surface area contributed by atoms with Crippen molar-refractivity contribution in [2.75, 3.05) is 25.0 Å². The number of anilines is 2. The van der Waals surface area contributed by atoms with Gasteiger partial charge in [0.25, 0.3) is 0 Å². The molecule has 3 aromatic rings. The molecule has 4 rings (SSSR count).